The minimum absolute atomic E-state index is 0.483. The van der Waals surface area contributed by atoms with Gasteiger partial charge < -0.3 is 4.90 Å². The smallest absolute Gasteiger partial charge is 0.136 e. The van der Waals surface area contributed by atoms with Gasteiger partial charge in [-0.2, -0.15) is 0 Å². The molecule has 0 aromatic heterocycles. The van der Waals surface area contributed by atoms with Crippen LogP contribution >= 0.6 is 24.0 Å². The topological polar surface area (TPSA) is 3.24 Å². The maximum Gasteiger partial charge on any atom is 0.136 e. The highest BCUT2D eigenvalue weighted by Gasteiger charge is 2.09. The minimum Gasteiger partial charge on any atom is -0.364 e. The molecule has 0 aliphatic carbocycles. The van der Waals surface area contributed by atoms with E-state index in [1.165, 1.54) is 25.7 Å². The average Bonchev–Trinajstić information content (AvgIpc) is 2.16. The molecular formula is C11H21NS2. The summed E-state index contributed by atoms with van der Waals surface area (Å²) in [5.41, 5.74) is 0. The molecule has 0 amide bonds. The number of thioether (sulfide) groups is 1. The molecule has 14 heavy (non-hydrogen) atoms. The molecule has 82 valence electrons. The zero-order valence-electron chi connectivity index (χ0n) is 9.45. The Kier molecular flexibility index (Phi) is 8.29. The number of hydrogen-bond donors (Lipinski definition) is 0. The maximum absolute atomic E-state index is 5.24. The molecule has 0 aromatic carbocycles. The molecular weight excluding hydrogens is 210 g/mol. The fourth-order valence-electron chi connectivity index (χ4n) is 1.06. The fraction of sp³-hybridized carbons (Fsp3) is 0.727. The van der Waals surface area contributed by atoms with Gasteiger partial charge in [0.25, 0.3) is 0 Å². The number of nitrogens with zero attached hydrogens (tertiary/aromatic N) is 1. The van der Waals surface area contributed by atoms with Crippen LogP contribution in [0.3, 0.4) is 0 Å². The first-order valence-corrected chi connectivity index (χ1v) is 6.41. The van der Waals surface area contributed by atoms with Crippen molar-refractivity contribution in [1.82, 2.24) is 4.90 Å². The van der Waals surface area contributed by atoms with Crippen LogP contribution in [0.2, 0.25) is 0 Å². The Hall–Kier alpha value is -0.0200. The van der Waals surface area contributed by atoms with Gasteiger partial charge in [-0.1, -0.05) is 56.2 Å². The Bertz CT molecular complexity index is 178. The van der Waals surface area contributed by atoms with Gasteiger partial charge in [-0.3, -0.25) is 0 Å². The maximum atomic E-state index is 5.24. The largest absolute Gasteiger partial charge is 0.364 e. The van der Waals surface area contributed by atoms with Crippen LogP contribution in [0.25, 0.3) is 0 Å². The van der Waals surface area contributed by atoms with E-state index in [1.54, 1.807) is 11.8 Å². The van der Waals surface area contributed by atoms with E-state index in [4.69, 9.17) is 12.2 Å². The molecule has 0 radical (unpaired) electrons. The van der Waals surface area contributed by atoms with Crippen LogP contribution in [0.4, 0.5) is 0 Å². The average molecular weight is 231 g/mol. The molecule has 1 nitrogen and oxygen atoms in total. The van der Waals surface area contributed by atoms with Crippen molar-refractivity contribution >= 4 is 28.3 Å². The molecule has 0 saturated carbocycles. The lowest BCUT2D eigenvalue weighted by molar-refractivity contribution is 0.646. The molecule has 1 unspecified atom stereocenters. The molecule has 0 aliphatic heterocycles. The van der Waals surface area contributed by atoms with Crippen LogP contribution in [-0.4, -0.2) is 28.6 Å². The molecule has 3 heteroatoms. The summed E-state index contributed by atoms with van der Waals surface area (Å²) in [5.74, 6) is 0. The zero-order valence-corrected chi connectivity index (χ0v) is 11.1. The Labute approximate surface area is 97.9 Å². The lowest BCUT2D eigenvalue weighted by Gasteiger charge is -2.17. The van der Waals surface area contributed by atoms with Crippen molar-refractivity contribution in [3.05, 3.63) is 12.7 Å². The Morgan fingerprint density at radius 3 is 2.57 bits per heavy atom. The van der Waals surface area contributed by atoms with Gasteiger partial charge in [0.2, 0.25) is 0 Å². The normalized spacial score (nSPS) is 12.2. The van der Waals surface area contributed by atoms with Gasteiger partial charge in [0.1, 0.15) is 4.32 Å². The summed E-state index contributed by atoms with van der Waals surface area (Å²) in [6.45, 7) is 6.08. The van der Waals surface area contributed by atoms with Gasteiger partial charge in [0, 0.05) is 19.3 Å². The molecule has 0 fully saturated rings. The van der Waals surface area contributed by atoms with Crippen molar-refractivity contribution in [3.63, 3.8) is 0 Å². The molecule has 0 rings (SSSR count). The highest BCUT2D eigenvalue weighted by Crippen LogP contribution is 2.21. The zero-order chi connectivity index (χ0) is 11.0. The summed E-state index contributed by atoms with van der Waals surface area (Å²) in [7, 11) is 3.98. The third-order valence-corrected chi connectivity index (χ3v) is 3.92. The summed E-state index contributed by atoms with van der Waals surface area (Å²) >= 11 is 6.98. The highest BCUT2D eigenvalue weighted by molar-refractivity contribution is 8.23. The van der Waals surface area contributed by atoms with Crippen LogP contribution in [-0.2, 0) is 0 Å². The molecule has 0 saturated heterocycles. The number of hydrogen-bond acceptors (Lipinski definition) is 2. The first kappa shape index (κ1) is 14.0. The van der Waals surface area contributed by atoms with E-state index in [9.17, 15) is 0 Å². The summed E-state index contributed by atoms with van der Waals surface area (Å²) in [6.07, 6.45) is 7.05. The second-order valence-corrected chi connectivity index (χ2v) is 5.42. The van der Waals surface area contributed by atoms with E-state index in [-0.39, 0.29) is 0 Å². The van der Waals surface area contributed by atoms with Gasteiger partial charge in [-0.15, -0.1) is 6.58 Å². The standard InChI is InChI=1S/C11H21NS2/c1-5-7-8-9-10(6-2)14-11(13)12(3)4/h6,10H,2,5,7-9H2,1,3-4H3. The second-order valence-electron chi connectivity index (χ2n) is 3.55. The minimum atomic E-state index is 0.483. The van der Waals surface area contributed by atoms with E-state index in [0.717, 1.165) is 4.32 Å². The molecule has 1 atom stereocenters. The monoisotopic (exact) mass is 231 g/mol. The van der Waals surface area contributed by atoms with Crippen molar-refractivity contribution < 1.29 is 0 Å². The SMILES string of the molecule is C=CC(CCCCC)SC(=S)N(C)C. The van der Waals surface area contributed by atoms with Gasteiger partial charge >= 0.3 is 0 Å². The number of thiocarbonyl (C=S) groups is 1. The molecule has 0 spiro atoms. The molecule has 0 N–H and O–H groups in total. The van der Waals surface area contributed by atoms with Crippen LogP contribution in [0.15, 0.2) is 12.7 Å². The summed E-state index contributed by atoms with van der Waals surface area (Å²) in [5, 5.41) is 0.483. The quantitative estimate of drug-likeness (QED) is 0.390. The van der Waals surface area contributed by atoms with E-state index in [2.05, 4.69) is 13.5 Å². The first-order valence-electron chi connectivity index (χ1n) is 5.12. The van der Waals surface area contributed by atoms with Gasteiger partial charge in [0.05, 0.1) is 0 Å². The van der Waals surface area contributed by atoms with Crippen molar-refractivity contribution in [1.29, 1.82) is 0 Å². The van der Waals surface area contributed by atoms with Gasteiger partial charge in [-0.25, -0.2) is 0 Å². The van der Waals surface area contributed by atoms with E-state index in [1.807, 2.05) is 25.1 Å². The van der Waals surface area contributed by atoms with Crippen LogP contribution in [0, 0.1) is 0 Å². The summed E-state index contributed by atoms with van der Waals surface area (Å²) in [4.78, 5) is 1.98. The van der Waals surface area contributed by atoms with Crippen molar-refractivity contribution in [2.75, 3.05) is 14.1 Å². The Morgan fingerprint density at radius 1 is 1.50 bits per heavy atom. The molecule has 0 aromatic rings. The lowest BCUT2D eigenvalue weighted by atomic mass is 10.1. The summed E-state index contributed by atoms with van der Waals surface area (Å²) in [6, 6.07) is 0. The molecule has 0 aliphatic rings. The third-order valence-electron chi connectivity index (χ3n) is 1.97. The van der Waals surface area contributed by atoms with Crippen molar-refractivity contribution in [3.8, 4) is 0 Å². The van der Waals surface area contributed by atoms with Crippen molar-refractivity contribution in [2.45, 2.75) is 37.9 Å². The van der Waals surface area contributed by atoms with E-state index >= 15 is 0 Å². The predicted octanol–water partition coefficient (Wildman–Crippen LogP) is 3.70. The fourth-order valence-corrected chi connectivity index (χ4v) is 2.28. The van der Waals surface area contributed by atoms with Crippen molar-refractivity contribution in [2.24, 2.45) is 0 Å². The van der Waals surface area contributed by atoms with E-state index in [0.29, 0.717) is 5.25 Å². The lowest BCUT2D eigenvalue weighted by Crippen LogP contribution is -2.18. The highest BCUT2D eigenvalue weighted by atomic mass is 32.2. The van der Waals surface area contributed by atoms with Gasteiger partial charge in [0.15, 0.2) is 0 Å². The second kappa shape index (κ2) is 8.30. The predicted molar refractivity (Wildman–Crippen MR) is 72.0 cm³/mol. The van der Waals surface area contributed by atoms with Gasteiger partial charge in [-0.05, 0) is 6.42 Å². The van der Waals surface area contributed by atoms with Crippen LogP contribution < -0.4 is 0 Å². The van der Waals surface area contributed by atoms with Crippen LogP contribution in [0.1, 0.15) is 32.6 Å². The third kappa shape index (κ3) is 6.44. The molecule has 0 heterocycles. The van der Waals surface area contributed by atoms with Crippen LogP contribution in [0.5, 0.6) is 0 Å². The van der Waals surface area contributed by atoms with E-state index < -0.39 is 0 Å². The summed E-state index contributed by atoms with van der Waals surface area (Å²) < 4.78 is 0.950. The first-order chi connectivity index (χ1) is 6.61. The number of rotatable bonds is 6. The Balaban J connectivity index is 3.78. The number of unbranched alkanes of at least 4 members (excludes halogenated alkanes) is 2. The Morgan fingerprint density at radius 2 is 2.14 bits per heavy atom. The molecule has 0 bridgehead atoms.